The Morgan fingerprint density at radius 2 is 1.80 bits per heavy atom. The largest absolute Gasteiger partial charge is 0.490 e. The number of benzene rings is 3. The van der Waals surface area contributed by atoms with E-state index in [0.29, 0.717) is 30.3 Å². The Balaban J connectivity index is 1.62. The summed E-state index contributed by atoms with van der Waals surface area (Å²) in [6, 6.07) is 20.0. The van der Waals surface area contributed by atoms with Crippen LogP contribution in [0.1, 0.15) is 17.3 Å². The molecule has 128 valence electrons. The van der Waals surface area contributed by atoms with Crippen molar-refractivity contribution in [1.29, 1.82) is 0 Å². The zero-order valence-corrected chi connectivity index (χ0v) is 14.9. The van der Waals surface area contributed by atoms with Gasteiger partial charge in [0.05, 0.1) is 13.2 Å². The monoisotopic (exact) mass is 352 g/mol. The van der Waals surface area contributed by atoms with Gasteiger partial charge in [0, 0.05) is 16.2 Å². The quantitative estimate of drug-likeness (QED) is 0.316. The lowest BCUT2D eigenvalue weighted by molar-refractivity contribution is 0.112. The lowest BCUT2D eigenvalue weighted by Crippen LogP contribution is -2.03. The maximum Gasteiger partial charge on any atom is 0.161 e. The van der Waals surface area contributed by atoms with Gasteiger partial charge in [-0.2, -0.15) is 0 Å². The highest BCUT2D eigenvalue weighted by molar-refractivity contribution is 7.99. The summed E-state index contributed by atoms with van der Waals surface area (Å²) in [5, 5.41) is 2.51. The Bertz CT molecular complexity index is 855. The van der Waals surface area contributed by atoms with Crippen LogP contribution in [-0.4, -0.2) is 25.3 Å². The third-order valence-corrected chi connectivity index (χ3v) is 4.79. The molecule has 0 unspecified atom stereocenters. The molecule has 3 rings (SSSR count). The smallest absolute Gasteiger partial charge is 0.161 e. The maximum atomic E-state index is 10.9. The van der Waals surface area contributed by atoms with Crippen LogP contribution in [0, 0.1) is 0 Å². The third kappa shape index (κ3) is 4.34. The minimum atomic E-state index is 0.531. The van der Waals surface area contributed by atoms with Crippen molar-refractivity contribution in [2.45, 2.75) is 11.8 Å². The molecule has 0 bridgehead atoms. The summed E-state index contributed by atoms with van der Waals surface area (Å²) in [6.07, 6.45) is 0.808. The van der Waals surface area contributed by atoms with Crippen molar-refractivity contribution in [3.8, 4) is 11.5 Å². The molecule has 3 aromatic rings. The molecule has 0 aliphatic rings. The van der Waals surface area contributed by atoms with Gasteiger partial charge in [-0.05, 0) is 42.0 Å². The predicted molar refractivity (Wildman–Crippen MR) is 103 cm³/mol. The molecule has 4 heteroatoms. The van der Waals surface area contributed by atoms with Gasteiger partial charge in [-0.3, -0.25) is 4.79 Å². The van der Waals surface area contributed by atoms with Gasteiger partial charge in [0.15, 0.2) is 11.5 Å². The van der Waals surface area contributed by atoms with Crippen LogP contribution in [-0.2, 0) is 0 Å². The van der Waals surface area contributed by atoms with E-state index >= 15 is 0 Å². The van der Waals surface area contributed by atoms with Gasteiger partial charge < -0.3 is 9.47 Å². The second-order valence-electron chi connectivity index (χ2n) is 5.43. The molecule has 3 aromatic carbocycles. The highest BCUT2D eigenvalue weighted by Crippen LogP contribution is 2.30. The Morgan fingerprint density at radius 1 is 0.960 bits per heavy atom. The molecule has 0 heterocycles. The van der Waals surface area contributed by atoms with Crippen LogP contribution >= 0.6 is 11.8 Å². The van der Waals surface area contributed by atoms with E-state index < -0.39 is 0 Å². The molecular weight excluding hydrogens is 332 g/mol. The molecule has 0 atom stereocenters. The lowest BCUT2D eigenvalue weighted by Gasteiger charge is -2.12. The molecule has 25 heavy (non-hydrogen) atoms. The molecule has 0 amide bonds. The second-order valence-corrected chi connectivity index (χ2v) is 6.57. The molecule has 0 spiro atoms. The average molecular weight is 352 g/mol. The number of thioether (sulfide) groups is 1. The summed E-state index contributed by atoms with van der Waals surface area (Å²) in [4.78, 5) is 12.2. The van der Waals surface area contributed by atoms with Crippen molar-refractivity contribution in [3.63, 3.8) is 0 Å². The number of rotatable bonds is 8. The van der Waals surface area contributed by atoms with Crippen molar-refractivity contribution in [2.24, 2.45) is 0 Å². The fourth-order valence-electron chi connectivity index (χ4n) is 2.61. The molecule has 0 saturated heterocycles. The van der Waals surface area contributed by atoms with E-state index in [-0.39, 0.29) is 0 Å². The van der Waals surface area contributed by atoms with Crippen LogP contribution in [0.15, 0.2) is 65.6 Å². The summed E-state index contributed by atoms with van der Waals surface area (Å²) in [5.74, 6) is 2.11. The second kappa shape index (κ2) is 8.58. The van der Waals surface area contributed by atoms with Crippen LogP contribution in [0.25, 0.3) is 10.8 Å². The minimum Gasteiger partial charge on any atom is -0.490 e. The van der Waals surface area contributed by atoms with Crippen LogP contribution < -0.4 is 9.47 Å². The maximum absolute atomic E-state index is 10.9. The molecule has 3 nitrogen and oxygen atoms in total. The van der Waals surface area contributed by atoms with Gasteiger partial charge >= 0.3 is 0 Å². The van der Waals surface area contributed by atoms with Crippen molar-refractivity contribution < 1.29 is 14.3 Å². The first-order valence-corrected chi connectivity index (χ1v) is 9.25. The molecule has 0 radical (unpaired) electrons. The highest BCUT2D eigenvalue weighted by Gasteiger charge is 2.07. The van der Waals surface area contributed by atoms with Crippen molar-refractivity contribution in [2.75, 3.05) is 19.0 Å². The Hall–Kier alpha value is -2.46. The first-order chi connectivity index (χ1) is 12.3. The minimum absolute atomic E-state index is 0.531. The molecule has 0 aromatic heterocycles. The van der Waals surface area contributed by atoms with Gasteiger partial charge in [-0.15, -0.1) is 11.8 Å². The topological polar surface area (TPSA) is 35.5 Å². The molecule has 0 aliphatic carbocycles. The third-order valence-electron chi connectivity index (χ3n) is 3.75. The summed E-state index contributed by atoms with van der Waals surface area (Å²) in [7, 11) is 0. The van der Waals surface area contributed by atoms with Crippen LogP contribution in [0.3, 0.4) is 0 Å². The van der Waals surface area contributed by atoms with E-state index in [9.17, 15) is 4.79 Å². The number of hydrogen-bond acceptors (Lipinski definition) is 4. The SMILES string of the molecule is CCOc1cc(C=O)ccc1OCCSc1cccc2ccccc12. The lowest BCUT2D eigenvalue weighted by atomic mass is 10.1. The zero-order chi connectivity index (χ0) is 17.5. The first kappa shape index (κ1) is 17.4. The number of carbonyl (C=O) groups is 1. The number of fused-ring (bicyclic) bond motifs is 1. The molecule has 0 fully saturated rings. The molecular formula is C21H20O3S. The van der Waals surface area contributed by atoms with E-state index in [2.05, 4.69) is 42.5 Å². The highest BCUT2D eigenvalue weighted by atomic mass is 32.2. The average Bonchev–Trinajstić information content (AvgIpc) is 2.66. The number of carbonyl (C=O) groups excluding carboxylic acids is 1. The fourth-order valence-corrected chi connectivity index (χ4v) is 3.51. The Morgan fingerprint density at radius 3 is 2.64 bits per heavy atom. The predicted octanol–water partition coefficient (Wildman–Crippen LogP) is 5.22. The van der Waals surface area contributed by atoms with Crippen molar-refractivity contribution in [3.05, 3.63) is 66.2 Å². The van der Waals surface area contributed by atoms with Crippen LogP contribution in [0.5, 0.6) is 11.5 Å². The number of aldehydes is 1. The van der Waals surface area contributed by atoms with Gasteiger partial charge in [0.1, 0.15) is 6.29 Å². The van der Waals surface area contributed by atoms with E-state index in [0.717, 1.165) is 12.0 Å². The van der Waals surface area contributed by atoms with E-state index in [4.69, 9.17) is 9.47 Å². The Labute approximate surface area is 152 Å². The standard InChI is InChI=1S/C21H20O3S/c1-2-23-20-14-16(15-22)10-11-19(20)24-12-13-25-21-9-5-7-17-6-3-4-8-18(17)21/h3-11,14-15H,2,12-13H2,1H3. The van der Waals surface area contributed by atoms with Gasteiger partial charge in [-0.1, -0.05) is 36.4 Å². The molecule has 0 N–H and O–H groups in total. The van der Waals surface area contributed by atoms with Crippen LogP contribution in [0.2, 0.25) is 0 Å². The van der Waals surface area contributed by atoms with E-state index in [1.807, 2.05) is 6.92 Å². The fraction of sp³-hybridized carbons (Fsp3) is 0.190. The van der Waals surface area contributed by atoms with E-state index in [1.165, 1.54) is 15.7 Å². The van der Waals surface area contributed by atoms with Gasteiger partial charge in [0.2, 0.25) is 0 Å². The number of ether oxygens (including phenoxy) is 2. The zero-order valence-electron chi connectivity index (χ0n) is 14.1. The van der Waals surface area contributed by atoms with E-state index in [1.54, 1.807) is 30.0 Å². The molecule has 0 aliphatic heterocycles. The normalized spacial score (nSPS) is 10.6. The Kier molecular flexibility index (Phi) is 5.96. The van der Waals surface area contributed by atoms with Crippen molar-refractivity contribution >= 4 is 28.8 Å². The summed E-state index contributed by atoms with van der Waals surface area (Å²) >= 11 is 1.77. The summed E-state index contributed by atoms with van der Waals surface area (Å²) in [6.45, 7) is 3.01. The summed E-state index contributed by atoms with van der Waals surface area (Å²) in [5.41, 5.74) is 0.584. The van der Waals surface area contributed by atoms with Crippen molar-refractivity contribution in [1.82, 2.24) is 0 Å². The van der Waals surface area contributed by atoms with Crippen LogP contribution in [0.4, 0.5) is 0 Å². The van der Waals surface area contributed by atoms with Gasteiger partial charge in [-0.25, -0.2) is 0 Å². The first-order valence-electron chi connectivity index (χ1n) is 8.27. The van der Waals surface area contributed by atoms with Gasteiger partial charge in [0.25, 0.3) is 0 Å². The summed E-state index contributed by atoms with van der Waals surface area (Å²) < 4.78 is 11.4. The number of hydrogen-bond donors (Lipinski definition) is 0. The molecule has 0 saturated carbocycles.